The molecule has 2 atom stereocenters. The molecule has 0 aromatic heterocycles. The van der Waals surface area contributed by atoms with Gasteiger partial charge in [0.25, 0.3) is 0 Å². The maximum absolute atomic E-state index is 11.7. The smallest absolute Gasteiger partial charge is 0.150 e. The van der Waals surface area contributed by atoms with Gasteiger partial charge in [-0.05, 0) is 43.5 Å². The summed E-state index contributed by atoms with van der Waals surface area (Å²) in [6.07, 6.45) is 1.75. The molecule has 0 radical (unpaired) electrons. The van der Waals surface area contributed by atoms with Gasteiger partial charge in [0.05, 0.1) is 11.5 Å². The zero-order valence-corrected chi connectivity index (χ0v) is 12.8. The SMILES string of the molecule is CNC(c1cccc(Br)c1)C1CCCS(=O)(=O)C1. The molecule has 1 saturated heterocycles. The van der Waals surface area contributed by atoms with Crippen LogP contribution in [0.1, 0.15) is 24.4 Å². The number of rotatable bonds is 3. The Hall–Kier alpha value is -0.390. The third-order valence-electron chi connectivity index (χ3n) is 3.49. The van der Waals surface area contributed by atoms with E-state index in [0.29, 0.717) is 11.5 Å². The average Bonchev–Trinajstić information content (AvgIpc) is 2.29. The predicted octanol–water partition coefficient (Wildman–Crippen LogP) is 2.53. The predicted molar refractivity (Wildman–Crippen MR) is 77.3 cm³/mol. The quantitative estimate of drug-likeness (QED) is 0.925. The number of hydrogen-bond acceptors (Lipinski definition) is 3. The van der Waals surface area contributed by atoms with Gasteiger partial charge in [-0.15, -0.1) is 0 Å². The van der Waals surface area contributed by atoms with Crippen LogP contribution in [0.2, 0.25) is 0 Å². The third-order valence-corrected chi connectivity index (χ3v) is 5.83. The molecular formula is C13H18BrNO2S. The molecule has 0 aliphatic carbocycles. The molecule has 1 fully saturated rings. The number of nitrogens with one attached hydrogen (secondary N) is 1. The van der Waals surface area contributed by atoms with Crippen molar-refractivity contribution in [1.82, 2.24) is 5.32 Å². The fraction of sp³-hybridized carbons (Fsp3) is 0.538. The van der Waals surface area contributed by atoms with E-state index in [-0.39, 0.29) is 12.0 Å². The highest BCUT2D eigenvalue weighted by Gasteiger charge is 2.30. The van der Waals surface area contributed by atoms with E-state index in [9.17, 15) is 8.42 Å². The van der Waals surface area contributed by atoms with E-state index >= 15 is 0 Å². The van der Waals surface area contributed by atoms with Crippen molar-refractivity contribution in [1.29, 1.82) is 0 Å². The van der Waals surface area contributed by atoms with Crippen LogP contribution in [-0.4, -0.2) is 27.0 Å². The van der Waals surface area contributed by atoms with Crippen LogP contribution in [0.4, 0.5) is 0 Å². The van der Waals surface area contributed by atoms with Crippen LogP contribution in [0.3, 0.4) is 0 Å². The number of sulfone groups is 1. The molecule has 0 saturated carbocycles. The van der Waals surface area contributed by atoms with Gasteiger partial charge in [0.2, 0.25) is 0 Å². The van der Waals surface area contributed by atoms with Crippen molar-refractivity contribution in [3.05, 3.63) is 34.3 Å². The summed E-state index contributed by atoms with van der Waals surface area (Å²) in [5.41, 5.74) is 1.15. The Morgan fingerprint density at radius 1 is 1.44 bits per heavy atom. The van der Waals surface area contributed by atoms with Crippen molar-refractivity contribution in [2.45, 2.75) is 18.9 Å². The first-order valence-corrected chi connectivity index (χ1v) is 8.76. The minimum atomic E-state index is -2.86. The summed E-state index contributed by atoms with van der Waals surface area (Å²) in [5, 5.41) is 3.27. The van der Waals surface area contributed by atoms with Gasteiger partial charge in [-0.1, -0.05) is 28.1 Å². The number of benzene rings is 1. The van der Waals surface area contributed by atoms with Crippen molar-refractivity contribution in [2.24, 2.45) is 5.92 Å². The molecule has 1 aromatic rings. The highest BCUT2D eigenvalue weighted by molar-refractivity contribution is 9.10. The van der Waals surface area contributed by atoms with Gasteiger partial charge in [0.1, 0.15) is 0 Å². The molecule has 1 N–H and O–H groups in total. The Labute approximate surface area is 117 Å². The standard InChI is InChI=1S/C13H18BrNO2S/c1-15-13(10-4-2-6-12(14)8-10)11-5-3-7-18(16,17)9-11/h2,4,6,8,11,13,15H,3,5,7,9H2,1H3. The van der Waals surface area contributed by atoms with Gasteiger partial charge < -0.3 is 5.32 Å². The normalized spacial score (nSPS) is 24.7. The fourth-order valence-corrected chi connectivity index (χ4v) is 4.90. The van der Waals surface area contributed by atoms with Gasteiger partial charge in [-0.2, -0.15) is 0 Å². The molecule has 2 unspecified atom stereocenters. The molecule has 0 bridgehead atoms. The molecule has 0 spiro atoms. The van der Waals surface area contributed by atoms with Crippen LogP contribution < -0.4 is 5.32 Å². The van der Waals surface area contributed by atoms with Crippen LogP contribution >= 0.6 is 15.9 Å². The summed E-state index contributed by atoms with van der Waals surface area (Å²) in [4.78, 5) is 0. The molecule has 3 nitrogen and oxygen atoms in total. The van der Waals surface area contributed by atoms with E-state index in [4.69, 9.17) is 0 Å². The van der Waals surface area contributed by atoms with Gasteiger partial charge >= 0.3 is 0 Å². The number of halogens is 1. The maximum atomic E-state index is 11.7. The van der Waals surface area contributed by atoms with E-state index in [0.717, 1.165) is 22.9 Å². The van der Waals surface area contributed by atoms with Crippen LogP contribution in [0, 0.1) is 5.92 Å². The Morgan fingerprint density at radius 3 is 2.83 bits per heavy atom. The van der Waals surface area contributed by atoms with Crippen molar-refractivity contribution >= 4 is 25.8 Å². The Bertz CT molecular complexity index is 515. The van der Waals surface area contributed by atoms with Crippen LogP contribution in [-0.2, 0) is 9.84 Å². The van der Waals surface area contributed by atoms with Crippen molar-refractivity contribution < 1.29 is 8.42 Å². The van der Waals surface area contributed by atoms with Crippen molar-refractivity contribution in [3.8, 4) is 0 Å². The molecule has 1 aliphatic heterocycles. The summed E-state index contributed by atoms with van der Waals surface area (Å²) in [6.45, 7) is 0. The molecular weight excluding hydrogens is 314 g/mol. The molecule has 0 amide bonds. The lowest BCUT2D eigenvalue weighted by atomic mass is 9.91. The highest BCUT2D eigenvalue weighted by Crippen LogP contribution is 2.31. The highest BCUT2D eigenvalue weighted by atomic mass is 79.9. The van der Waals surface area contributed by atoms with Gasteiger partial charge in [-0.3, -0.25) is 0 Å². The first kappa shape index (κ1) is 14.0. The Morgan fingerprint density at radius 2 is 2.22 bits per heavy atom. The number of hydrogen-bond donors (Lipinski definition) is 1. The Kier molecular flexibility index (Phi) is 4.45. The summed E-state index contributed by atoms with van der Waals surface area (Å²) in [6, 6.07) is 8.18. The van der Waals surface area contributed by atoms with Gasteiger partial charge in [-0.25, -0.2) is 8.42 Å². The van der Waals surface area contributed by atoms with Crippen molar-refractivity contribution in [2.75, 3.05) is 18.6 Å². The lowest BCUT2D eigenvalue weighted by Gasteiger charge is -2.30. The average molecular weight is 332 g/mol. The summed E-state index contributed by atoms with van der Waals surface area (Å²) >= 11 is 3.46. The summed E-state index contributed by atoms with van der Waals surface area (Å²) in [5.74, 6) is 0.812. The first-order chi connectivity index (χ1) is 8.52. The molecule has 18 heavy (non-hydrogen) atoms. The van der Waals surface area contributed by atoms with Gasteiger partial charge in [0, 0.05) is 10.5 Å². The second kappa shape index (κ2) is 5.72. The lowest BCUT2D eigenvalue weighted by molar-refractivity contribution is 0.372. The zero-order chi connectivity index (χ0) is 13.2. The minimum absolute atomic E-state index is 0.109. The topological polar surface area (TPSA) is 46.2 Å². The second-order valence-corrected chi connectivity index (χ2v) is 7.98. The van der Waals surface area contributed by atoms with Crippen LogP contribution in [0.15, 0.2) is 28.7 Å². The van der Waals surface area contributed by atoms with E-state index in [1.165, 1.54) is 0 Å². The molecule has 100 valence electrons. The van der Waals surface area contributed by atoms with Crippen LogP contribution in [0.25, 0.3) is 0 Å². The minimum Gasteiger partial charge on any atom is -0.313 e. The molecule has 1 aliphatic rings. The van der Waals surface area contributed by atoms with Crippen LogP contribution in [0.5, 0.6) is 0 Å². The monoisotopic (exact) mass is 331 g/mol. The molecule has 1 aromatic carbocycles. The zero-order valence-electron chi connectivity index (χ0n) is 10.4. The fourth-order valence-electron chi connectivity index (χ4n) is 2.70. The van der Waals surface area contributed by atoms with Crippen molar-refractivity contribution in [3.63, 3.8) is 0 Å². The maximum Gasteiger partial charge on any atom is 0.150 e. The largest absolute Gasteiger partial charge is 0.313 e. The first-order valence-electron chi connectivity index (χ1n) is 6.15. The van der Waals surface area contributed by atoms with E-state index in [2.05, 4.69) is 27.3 Å². The molecule has 2 rings (SSSR count). The summed E-state index contributed by atoms with van der Waals surface area (Å²) < 4.78 is 24.5. The van der Waals surface area contributed by atoms with E-state index < -0.39 is 9.84 Å². The van der Waals surface area contributed by atoms with E-state index in [1.807, 2.05) is 25.2 Å². The summed E-state index contributed by atoms with van der Waals surface area (Å²) in [7, 11) is -0.961. The Balaban J connectivity index is 2.23. The third kappa shape index (κ3) is 3.33. The second-order valence-electron chi connectivity index (χ2n) is 4.84. The molecule has 1 heterocycles. The van der Waals surface area contributed by atoms with E-state index in [1.54, 1.807) is 0 Å². The lowest BCUT2D eigenvalue weighted by Crippen LogP contribution is -2.34. The van der Waals surface area contributed by atoms with Gasteiger partial charge in [0.15, 0.2) is 9.84 Å². The molecule has 5 heteroatoms.